The van der Waals surface area contributed by atoms with Crippen molar-refractivity contribution in [2.75, 3.05) is 0 Å². The van der Waals surface area contributed by atoms with Gasteiger partial charge in [-0.25, -0.2) is 34.4 Å². The van der Waals surface area contributed by atoms with Crippen molar-refractivity contribution in [3.8, 4) is 89.5 Å². The molecule has 0 spiro atoms. The molecular weight excluding hydrogens is 1590 g/mol. The van der Waals surface area contributed by atoms with Crippen LogP contribution < -0.4 is 0 Å². The van der Waals surface area contributed by atoms with Crippen molar-refractivity contribution in [3.63, 3.8) is 0 Å². The van der Waals surface area contributed by atoms with Gasteiger partial charge in [0.05, 0.1) is 0 Å². The average Bonchev–Trinajstić information content (AvgIpc) is 0.784. The smallest absolute Gasteiger partial charge is 0.295 e. The molecule has 0 aliphatic rings. The van der Waals surface area contributed by atoms with Gasteiger partial charge in [0.25, 0.3) is 0 Å². The monoisotopic (exact) mass is 1680 g/mol. The zero-order valence-electron chi connectivity index (χ0n) is 66.6. The summed E-state index contributed by atoms with van der Waals surface area (Å²) in [5.41, 5.74) is 23.0. The molecule has 0 atom stereocenters. The predicted octanol–water partition coefficient (Wildman–Crippen LogP) is 27.2. The first kappa shape index (κ1) is 95.3. The Kier molecular flexibility index (Phi) is 41.7. The van der Waals surface area contributed by atoms with Crippen LogP contribution in [0.1, 0.15) is 90.1 Å². The summed E-state index contributed by atoms with van der Waals surface area (Å²) >= 11 is 0. The number of benzene rings is 12. The van der Waals surface area contributed by atoms with Crippen LogP contribution in [0.3, 0.4) is 0 Å². The Bertz CT molecular complexity index is 4570. The normalized spacial score (nSPS) is 10.1. The molecule has 12 aromatic carbocycles. The fraction of sp³-hybridized carbons (Fsp3) is 0.111. The molecule has 0 aliphatic heterocycles. The minimum Gasteiger partial charge on any atom is -0.295 e. The quantitative estimate of drug-likeness (QED) is 0.101. The molecule has 0 aliphatic carbocycles. The number of aromatic nitrogens is 4. The first-order valence-corrected chi connectivity index (χ1v) is 37.2. The Morgan fingerprint density at radius 1 is 0.224 bits per heavy atom. The molecule has 584 valence electrons. The topological polar surface area (TPSA) is 51.6 Å². The molecule has 0 unspecified atom stereocenters. The van der Waals surface area contributed by atoms with E-state index < -0.39 is 0 Å². The van der Waals surface area contributed by atoms with E-state index in [4.69, 9.17) is 13.2 Å². The second-order valence-electron chi connectivity index (χ2n) is 28.6. The zero-order chi connectivity index (χ0) is 79.1. The molecule has 4 aromatic heterocycles. The molecule has 8 heteroatoms. The second-order valence-corrected chi connectivity index (χ2v) is 28.6. The number of nitrogens with zero attached hydrogens (tertiary/aromatic N) is 4. The molecule has 0 saturated heterocycles. The molecule has 16 aromatic rings. The fourth-order valence-corrected chi connectivity index (χ4v) is 10.8. The SMILES string of the molecule is CC(C)(C)c1cc[c-]cc1.[CH-]=Cc1cc(C(C)(C)C)cc(C(C)(C)C)c1.[CH-]=Cc1ccccc1.[Ni+3].[Ni+3].[Ni+3].[Ni+3].[c-]1ccccc1.[c-]1ccccc1-c1[c-]c(-c2ccccn2)ccc1.[c-]1ccccc1-c1[c-]c(-c2ccccn2)ccc1.[c-]1ccccc1-c1[c-]c(-c2ccccn2)ccc1.[c-]1ccccc1-c1[c-]c(-c2ccccn2)ccc1. The van der Waals surface area contributed by atoms with Crippen molar-refractivity contribution in [3.05, 3.63) is 472 Å². The third-order valence-electron chi connectivity index (χ3n) is 17.0. The van der Waals surface area contributed by atoms with E-state index in [-0.39, 0.29) is 82.2 Å². The second kappa shape index (κ2) is 50.8. The molecule has 0 bridgehead atoms. The molecule has 16 rings (SSSR count). The van der Waals surface area contributed by atoms with Crippen molar-refractivity contribution >= 4 is 12.2 Å². The average molecular weight is 1680 g/mol. The van der Waals surface area contributed by atoms with Gasteiger partial charge in [-0.1, -0.05) is 146 Å². The summed E-state index contributed by atoms with van der Waals surface area (Å²) in [6.45, 7) is 30.9. The molecule has 4 nitrogen and oxygen atoms in total. The van der Waals surface area contributed by atoms with Crippen LogP contribution in [0.5, 0.6) is 0 Å². The van der Waals surface area contributed by atoms with E-state index in [9.17, 15) is 0 Å². The van der Waals surface area contributed by atoms with E-state index in [0.29, 0.717) is 0 Å². The summed E-state index contributed by atoms with van der Waals surface area (Å²) < 4.78 is 0. The van der Waals surface area contributed by atoms with Gasteiger partial charge in [0.2, 0.25) is 0 Å². The standard InChI is InChI=1S/4C17H11N.C16H23.C10H13.C8H7.C6H5.4Ni/c4*1-2-7-14(8-3-1)15-9-6-10-16(13-15)17-11-4-5-12-18-17;1-8-12-9-13(15(2,3)4)11-14(10-12)16(5,6)7;1-10(2,3)9-7-5-4-6-8-9;1-2-8-6-4-3-5-7-8;1-2-4-6-5-3-1;;;;/h4*1-7,9-12H;1,8-11H,2-7H3;5-8H,1-3H3;1-7H;1-5H;;;;/q4*-2;4*-1;4*+3. The molecule has 0 amide bonds. The van der Waals surface area contributed by atoms with Crippen LogP contribution >= 0.6 is 0 Å². The molecule has 4 heterocycles. The molecule has 0 saturated carbocycles. The number of rotatable bonds is 10. The van der Waals surface area contributed by atoms with Crippen molar-refractivity contribution in [2.24, 2.45) is 0 Å². The maximum absolute atomic E-state index is 5.65. The van der Waals surface area contributed by atoms with Crippen LogP contribution in [0.25, 0.3) is 102 Å². The van der Waals surface area contributed by atoms with E-state index >= 15 is 0 Å². The van der Waals surface area contributed by atoms with Crippen LogP contribution in [-0.4, -0.2) is 19.9 Å². The minimum atomic E-state index is 0. The predicted molar refractivity (Wildman–Crippen MR) is 468 cm³/mol. The van der Waals surface area contributed by atoms with E-state index in [1.54, 1.807) is 36.9 Å². The number of hydrogen-bond acceptors (Lipinski definition) is 4. The van der Waals surface area contributed by atoms with Crippen LogP contribution in [-0.2, 0) is 82.2 Å². The van der Waals surface area contributed by atoms with Crippen molar-refractivity contribution in [1.82, 2.24) is 19.9 Å². The number of pyridine rings is 4. The largest absolute Gasteiger partial charge is 3.00 e. The van der Waals surface area contributed by atoms with E-state index in [1.165, 1.54) is 16.7 Å². The minimum absolute atomic E-state index is 0. The van der Waals surface area contributed by atoms with Crippen molar-refractivity contribution < 1.29 is 66.0 Å². The summed E-state index contributed by atoms with van der Waals surface area (Å²) in [6.07, 6.45) is 10.5. The van der Waals surface area contributed by atoms with E-state index in [1.807, 2.05) is 315 Å². The Labute approximate surface area is 732 Å². The first-order chi connectivity index (χ1) is 54.4. The van der Waals surface area contributed by atoms with Gasteiger partial charge in [-0.2, -0.15) is 251 Å². The van der Waals surface area contributed by atoms with E-state index in [2.05, 4.69) is 173 Å². The maximum Gasteiger partial charge on any atom is 3.00 e. The van der Waals surface area contributed by atoms with Gasteiger partial charge in [0.1, 0.15) is 0 Å². The third kappa shape index (κ3) is 32.5. The molecule has 4 radical (unpaired) electrons. The number of hydrogen-bond donors (Lipinski definition) is 0. The summed E-state index contributed by atoms with van der Waals surface area (Å²) in [5.74, 6) is 0. The van der Waals surface area contributed by atoms with Gasteiger partial charge in [-0.3, -0.25) is 33.1 Å². The Morgan fingerprint density at radius 2 is 0.474 bits per heavy atom. The van der Waals surface area contributed by atoms with Gasteiger partial charge in [-0.15, -0.1) is 119 Å². The van der Waals surface area contributed by atoms with Gasteiger partial charge in [0, 0.05) is 47.6 Å². The fourth-order valence-electron chi connectivity index (χ4n) is 10.8. The Morgan fingerprint density at radius 3 is 0.690 bits per heavy atom. The van der Waals surface area contributed by atoms with Crippen molar-refractivity contribution in [2.45, 2.75) is 78.6 Å². The van der Waals surface area contributed by atoms with Crippen LogP contribution in [0.2, 0.25) is 0 Å². The van der Waals surface area contributed by atoms with Gasteiger partial charge in [-0.05, 0) is 40.5 Å². The van der Waals surface area contributed by atoms with Crippen LogP contribution in [0.4, 0.5) is 0 Å². The zero-order valence-corrected chi connectivity index (χ0v) is 70.5. The van der Waals surface area contributed by atoms with Gasteiger partial charge >= 0.3 is 66.0 Å². The summed E-state index contributed by atoms with van der Waals surface area (Å²) in [5, 5.41) is 0. The molecule has 116 heavy (non-hydrogen) atoms. The van der Waals surface area contributed by atoms with E-state index in [0.717, 1.165) is 101 Å². The summed E-state index contributed by atoms with van der Waals surface area (Å²) in [7, 11) is 0. The van der Waals surface area contributed by atoms with Crippen LogP contribution in [0.15, 0.2) is 371 Å². The van der Waals surface area contributed by atoms with Crippen LogP contribution in [0, 0.1) is 73.8 Å². The maximum atomic E-state index is 5.65. The molecule has 0 N–H and O–H groups in total. The molecule has 0 fully saturated rings. The summed E-state index contributed by atoms with van der Waals surface area (Å²) in [4.78, 5) is 17.4. The summed E-state index contributed by atoms with van der Waals surface area (Å²) in [6, 6.07) is 146. The van der Waals surface area contributed by atoms with Gasteiger partial charge < -0.3 is 0 Å². The first-order valence-electron chi connectivity index (χ1n) is 37.2. The Balaban J connectivity index is 0.000000240. The third-order valence-corrected chi connectivity index (χ3v) is 17.0. The Hall–Kier alpha value is -11.3. The van der Waals surface area contributed by atoms with Gasteiger partial charge in [0.15, 0.2) is 0 Å². The molecular formula is C108H92N4Ni4. The van der Waals surface area contributed by atoms with Crippen molar-refractivity contribution in [1.29, 1.82) is 0 Å².